The van der Waals surface area contributed by atoms with Crippen LogP contribution in [0, 0.1) is 0 Å². The van der Waals surface area contributed by atoms with Gasteiger partial charge in [-0.1, -0.05) is 6.07 Å². The second kappa shape index (κ2) is 6.79. The number of fused-ring (bicyclic) bond motifs is 2. The quantitative estimate of drug-likeness (QED) is 0.727. The molecule has 7 nitrogen and oxygen atoms in total. The molecule has 7 heteroatoms. The minimum atomic E-state index is -0.626. The van der Waals surface area contributed by atoms with Crippen molar-refractivity contribution < 1.29 is 19.1 Å². The first-order chi connectivity index (χ1) is 14.5. The smallest absolute Gasteiger partial charge is 0.317 e. The Morgan fingerprint density at radius 3 is 2.83 bits per heavy atom. The highest BCUT2D eigenvalue weighted by molar-refractivity contribution is 6.01. The Bertz CT molecular complexity index is 1160. The van der Waals surface area contributed by atoms with Crippen molar-refractivity contribution in [3.05, 3.63) is 59.8 Å². The van der Waals surface area contributed by atoms with E-state index < -0.39 is 5.60 Å². The Morgan fingerprint density at radius 1 is 1.20 bits per heavy atom. The number of hydrogen-bond donors (Lipinski definition) is 1. The molecule has 2 aromatic carbocycles. The first kappa shape index (κ1) is 18.5. The number of aryl methyl sites for hydroxylation is 1. The molecule has 154 valence electrons. The molecule has 2 amide bonds. The minimum absolute atomic E-state index is 0.0198. The lowest BCUT2D eigenvalue weighted by Crippen LogP contribution is -2.69. The van der Waals surface area contributed by atoms with Crippen LogP contribution in [0.3, 0.4) is 0 Å². The van der Waals surface area contributed by atoms with E-state index in [9.17, 15) is 9.59 Å². The molecule has 2 aliphatic rings. The van der Waals surface area contributed by atoms with Crippen molar-refractivity contribution in [3.8, 4) is 11.5 Å². The SMILES string of the molecule is COc1ccc2c(c1)C(=O)CC1(CN(C(=O)NCc3ccc4c(ccn4C)c3)C1)O2. The van der Waals surface area contributed by atoms with Crippen LogP contribution < -0.4 is 14.8 Å². The van der Waals surface area contributed by atoms with E-state index in [0.29, 0.717) is 36.7 Å². The van der Waals surface area contributed by atoms with Crippen LogP contribution >= 0.6 is 0 Å². The van der Waals surface area contributed by atoms with Gasteiger partial charge in [0.15, 0.2) is 11.4 Å². The van der Waals surface area contributed by atoms with Gasteiger partial charge in [-0.2, -0.15) is 0 Å². The Hall–Kier alpha value is -3.48. The zero-order chi connectivity index (χ0) is 20.9. The third kappa shape index (κ3) is 3.07. The van der Waals surface area contributed by atoms with E-state index >= 15 is 0 Å². The molecule has 1 saturated heterocycles. The number of Topliss-reactive ketones (excluding diaryl/α,β-unsaturated/α-hetero) is 1. The predicted octanol–water partition coefficient (Wildman–Crippen LogP) is 3.12. The molecule has 2 aliphatic heterocycles. The number of benzene rings is 2. The van der Waals surface area contributed by atoms with Gasteiger partial charge in [0.2, 0.25) is 0 Å². The molecule has 1 N–H and O–H groups in total. The van der Waals surface area contributed by atoms with Crippen LogP contribution in [-0.2, 0) is 13.6 Å². The number of ketones is 1. The lowest BCUT2D eigenvalue weighted by molar-refractivity contribution is -0.0597. The molecule has 0 atom stereocenters. The normalized spacial score (nSPS) is 16.7. The Kier molecular flexibility index (Phi) is 4.20. The lowest BCUT2D eigenvalue weighted by atomic mass is 9.84. The van der Waals surface area contributed by atoms with Gasteiger partial charge in [0.25, 0.3) is 0 Å². The molecular weight excluding hydrogens is 382 g/mol. The number of nitrogens with one attached hydrogen (secondary N) is 1. The van der Waals surface area contributed by atoms with Gasteiger partial charge in [0.1, 0.15) is 11.5 Å². The van der Waals surface area contributed by atoms with E-state index in [1.165, 1.54) is 0 Å². The van der Waals surface area contributed by atoms with Crippen LogP contribution in [0.5, 0.6) is 11.5 Å². The van der Waals surface area contributed by atoms with E-state index in [-0.39, 0.29) is 18.2 Å². The van der Waals surface area contributed by atoms with Crippen LogP contribution in [0.4, 0.5) is 4.79 Å². The summed E-state index contributed by atoms with van der Waals surface area (Å²) in [7, 11) is 3.58. The standard InChI is InChI=1S/C23H23N3O4/c1-25-8-7-16-9-15(3-5-19(16)25)12-24-22(28)26-13-23(14-26)11-20(27)18-10-17(29-2)4-6-21(18)30-23/h3-10H,11-14H2,1-2H3,(H,24,28). The maximum absolute atomic E-state index is 12.6. The van der Waals surface area contributed by atoms with Crippen LogP contribution in [0.15, 0.2) is 48.7 Å². The molecule has 3 aromatic rings. The van der Waals surface area contributed by atoms with E-state index in [1.807, 2.05) is 19.3 Å². The summed E-state index contributed by atoms with van der Waals surface area (Å²) in [5.41, 5.74) is 2.12. The fourth-order valence-corrected chi connectivity index (χ4v) is 4.30. The summed E-state index contributed by atoms with van der Waals surface area (Å²) in [6.45, 7) is 1.25. The topological polar surface area (TPSA) is 72.8 Å². The first-order valence-corrected chi connectivity index (χ1v) is 9.93. The van der Waals surface area contributed by atoms with Crippen LogP contribution in [0.1, 0.15) is 22.3 Å². The summed E-state index contributed by atoms with van der Waals surface area (Å²) < 4.78 is 13.4. The van der Waals surface area contributed by atoms with Crippen molar-refractivity contribution in [1.82, 2.24) is 14.8 Å². The average molecular weight is 405 g/mol. The van der Waals surface area contributed by atoms with Crippen molar-refractivity contribution in [2.24, 2.45) is 7.05 Å². The third-order valence-corrected chi connectivity index (χ3v) is 5.93. The summed E-state index contributed by atoms with van der Waals surface area (Å²) in [4.78, 5) is 26.8. The highest BCUT2D eigenvalue weighted by Crippen LogP contribution is 2.40. The maximum atomic E-state index is 12.6. The minimum Gasteiger partial charge on any atom is -0.497 e. The second-order valence-corrected chi connectivity index (χ2v) is 8.08. The Labute approximate surface area is 174 Å². The molecule has 30 heavy (non-hydrogen) atoms. The Balaban J connectivity index is 1.20. The molecule has 5 rings (SSSR count). The second-order valence-electron chi connectivity index (χ2n) is 8.08. The molecule has 1 aromatic heterocycles. The largest absolute Gasteiger partial charge is 0.497 e. The van der Waals surface area contributed by atoms with Gasteiger partial charge in [0, 0.05) is 25.3 Å². The summed E-state index contributed by atoms with van der Waals surface area (Å²) in [5, 5.41) is 4.11. The number of likely N-dealkylation sites (tertiary alicyclic amines) is 1. The molecule has 0 bridgehead atoms. The first-order valence-electron chi connectivity index (χ1n) is 9.93. The molecule has 1 spiro atoms. The molecule has 0 radical (unpaired) electrons. The van der Waals surface area contributed by atoms with Crippen molar-refractivity contribution in [2.45, 2.75) is 18.6 Å². The van der Waals surface area contributed by atoms with Gasteiger partial charge in [0.05, 0.1) is 32.2 Å². The Morgan fingerprint density at radius 2 is 2.03 bits per heavy atom. The fourth-order valence-electron chi connectivity index (χ4n) is 4.30. The van der Waals surface area contributed by atoms with Crippen molar-refractivity contribution in [3.63, 3.8) is 0 Å². The molecule has 3 heterocycles. The molecule has 0 unspecified atom stereocenters. The third-order valence-electron chi connectivity index (χ3n) is 5.93. The lowest BCUT2D eigenvalue weighted by Gasteiger charge is -2.50. The number of carbonyl (C=O) groups excluding carboxylic acids is 2. The average Bonchev–Trinajstić information content (AvgIpc) is 3.10. The number of rotatable bonds is 3. The van der Waals surface area contributed by atoms with E-state index in [4.69, 9.17) is 9.47 Å². The number of methoxy groups -OCH3 is 1. The summed E-state index contributed by atoms with van der Waals surface area (Å²) in [5.74, 6) is 1.21. The number of carbonyl (C=O) groups is 2. The fraction of sp³-hybridized carbons (Fsp3) is 0.304. The summed E-state index contributed by atoms with van der Waals surface area (Å²) in [6.07, 6.45) is 2.29. The highest BCUT2D eigenvalue weighted by atomic mass is 16.5. The van der Waals surface area contributed by atoms with Gasteiger partial charge >= 0.3 is 6.03 Å². The molecule has 0 saturated carbocycles. The van der Waals surface area contributed by atoms with E-state index in [1.54, 1.807) is 30.2 Å². The number of amides is 2. The highest BCUT2D eigenvalue weighted by Gasteiger charge is 2.51. The molecule has 1 fully saturated rings. The number of aromatic nitrogens is 1. The number of ether oxygens (including phenoxy) is 2. The molecule has 0 aliphatic carbocycles. The van der Waals surface area contributed by atoms with E-state index in [2.05, 4.69) is 28.1 Å². The number of nitrogens with zero attached hydrogens (tertiary/aromatic N) is 2. The van der Waals surface area contributed by atoms with Crippen molar-refractivity contribution in [2.75, 3.05) is 20.2 Å². The number of urea groups is 1. The van der Waals surface area contributed by atoms with Crippen LogP contribution in [-0.4, -0.2) is 47.1 Å². The summed E-state index contributed by atoms with van der Waals surface area (Å²) >= 11 is 0. The van der Waals surface area contributed by atoms with Crippen LogP contribution in [0.25, 0.3) is 10.9 Å². The number of hydrogen-bond acceptors (Lipinski definition) is 4. The van der Waals surface area contributed by atoms with E-state index in [0.717, 1.165) is 16.5 Å². The molecular formula is C23H23N3O4. The zero-order valence-corrected chi connectivity index (χ0v) is 17.0. The van der Waals surface area contributed by atoms with Crippen molar-refractivity contribution in [1.29, 1.82) is 0 Å². The predicted molar refractivity (Wildman–Crippen MR) is 112 cm³/mol. The summed E-state index contributed by atoms with van der Waals surface area (Å²) in [6, 6.07) is 13.3. The maximum Gasteiger partial charge on any atom is 0.317 e. The van der Waals surface area contributed by atoms with Gasteiger partial charge in [-0.25, -0.2) is 4.79 Å². The van der Waals surface area contributed by atoms with Gasteiger partial charge < -0.3 is 24.3 Å². The van der Waals surface area contributed by atoms with Gasteiger partial charge in [-0.05, 0) is 47.3 Å². The zero-order valence-electron chi connectivity index (χ0n) is 17.0. The van der Waals surface area contributed by atoms with Gasteiger partial charge in [-0.3, -0.25) is 4.79 Å². The van der Waals surface area contributed by atoms with Crippen molar-refractivity contribution >= 4 is 22.7 Å². The van der Waals surface area contributed by atoms with Crippen LogP contribution in [0.2, 0.25) is 0 Å². The monoisotopic (exact) mass is 405 g/mol. The van der Waals surface area contributed by atoms with Gasteiger partial charge in [-0.15, -0.1) is 0 Å².